The van der Waals surface area contributed by atoms with E-state index in [4.69, 9.17) is 0 Å². The number of nitrogens with zero attached hydrogens (tertiary/aromatic N) is 2. The Kier molecular flexibility index (Phi) is 11.9. The largest absolute Gasteiger partial charge is 0.334 e. The van der Waals surface area contributed by atoms with Crippen LogP contribution in [-0.4, -0.2) is 12.8 Å². The normalized spacial score (nSPS) is 22.4. The number of fused-ring (bicyclic) bond motifs is 5. The molecule has 1 atom stereocenters. The number of rotatable bonds is 4. The number of anilines is 4. The van der Waals surface area contributed by atoms with Crippen molar-refractivity contribution in [3.8, 4) is 0 Å². The first kappa shape index (κ1) is 53.0. The summed E-state index contributed by atoms with van der Waals surface area (Å²) >= 11 is 0. The molecule has 2 nitrogen and oxygen atoms in total. The Hall–Kier alpha value is -5.02. The minimum absolute atomic E-state index is 0.00344. The highest BCUT2D eigenvalue weighted by molar-refractivity contribution is 6.95. The van der Waals surface area contributed by atoms with Crippen LogP contribution in [0.1, 0.15) is 238 Å². The van der Waals surface area contributed by atoms with Crippen LogP contribution in [0.2, 0.25) is 0 Å². The molecular formula is C73H93BN2. The van der Waals surface area contributed by atoms with Gasteiger partial charge in [0.25, 0.3) is 0 Å². The van der Waals surface area contributed by atoms with E-state index < -0.39 is 0 Å². The summed E-state index contributed by atoms with van der Waals surface area (Å²) in [6.07, 6.45) is 13.3. The van der Waals surface area contributed by atoms with Gasteiger partial charge in [0.2, 0.25) is 6.71 Å². The van der Waals surface area contributed by atoms with Crippen molar-refractivity contribution in [1.82, 2.24) is 0 Å². The van der Waals surface area contributed by atoms with Gasteiger partial charge in [-0.15, -0.1) is 0 Å². The Bertz CT molecular complexity index is 3340. The van der Waals surface area contributed by atoms with Gasteiger partial charge in [0.1, 0.15) is 0 Å². The van der Waals surface area contributed by atoms with E-state index in [0.29, 0.717) is 0 Å². The summed E-state index contributed by atoms with van der Waals surface area (Å²) in [5, 5.41) is 0. The number of aryl methyl sites for hydroxylation is 2. The van der Waals surface area contributed by atoms with Gasteiger partial charge in [-0.2, -0.15) is 0 Å². The van der Waals surface area contributed by atoms with Crippen molar-refractivity contribution < 1.29 is 0 Å². The van der Waals surface area contributed by atoms with Gasteiger partial charge in [-0.3, -0.25) is 0 Å². The first-order chi connectivity index (χ1) is 35.1. The smallest absolute Gasteiger partial charge is 0.247 e. The molecule has 2 aliphatic heterocycles. The van der Waals surface area contributed by atoms with Gasteiger partial charge in [0, 0.05) is 34.0 Å². The van der Waals surface area contributed by atoms with Crippen molar-refractivity contribution in [1.29, 1.82) is 0 Å². The molecule has 11 rings (SSSR count). The van der Waals surface area contributed by atoms with E-state index in [0.717, 1.165) is 6.42 Å². The topological polar surface area (TPSA) is 6.48 Å². The maximum Gasteiger partial charge on any atom is 0.247 e. The molecule has 0 amide bonds. The molecule has 0 N–H and O–H groups in total. The molecule has 0 spiro atoms. The average molecular weight is 1010 g/mol. The lowest BCUT2D eigenvalue weighted by atomic mass is 9.32. The first-order valence-corrected chi connectivity index (χ1v) is 29.6. The van der Waals surface area contributed by atoms with Crippen molar-refractivity contribution in [3.63, 3.8) is 0 Å². The van der Waals surface area contributed by atoms with Gasteiger partial charge < -0.3 is 9.80 Å². The molecule has 0 bridgehead atoms. The van der Waals surface area contributed by atoms with Gasteiger partial charge >= 0.3 is 0 Å². The molecule has 4 aliphatic carbocycles. The highest BCUT2D eigenvalue weighted by Gasteiger charge is 2.49. The van der Waals surface area contributed by atoms with Crippen LogP contribution in [0.25, 0.3) is 11.3 Å². The second kappa shape index (κ2) is 17.0. The predicted octanol–water partition coefficient (Wildman–Crippen LogP) is 18.7. The predicted molar refractivity (Wildman–Crippen MR) is 332 cm³/mol. The number of hydrogen-bond acceptors (Lipinski definition) is 2. The highest BCUT2D eigenvalue weighted by atomic mass is 15.2. The molecule has 3 heteroatoms. The lowest BCUT2D eigenvalue weighted by molar-refractivity contribution is 0.331. The van der Waals surface area contributed by atoms with E-state index in [2.05, 4.69) is 246 Å². The molecule has 1 unspecified atom stereocenters. The molecule has 0 saturated carbocycles. The Balaban J connectivity index is 1.26. The monoisotopic (exact) mass is 1010 g/mol. The third kappa shape index (κ3) is 8.30. The number of hydrogen-bond donors (Lipinski definition) is 0. The van der Waals surface area contributed by atoms with Crippen LogP contribution in [0.5, 0.6) is 0 Å². The maximum absolute atomic E-state index is 2.90. The van der Waals surface area contributed by atoms with Crippen LogP contribution in [-0.2, 0) is 37.9 Å². The van der Waals surface area contributed by atoms with E-state index in [1.54, 1.807) is 0 Å². The van der Waals surface area contributed by atoms with E-state index in [1.165, 1.54) is 156 Å². The van der Waals surface area contributed by atoms with Gasteiger partial charge in [-0.05, 0) is 223 Å². The first-order valence-electron chi connectivity index (χ1n) is 29.6. The van der Waals surface area contributed by atoms with E-state index in [-0.39, 0.29) is 56.1 Å². The SMILES string of the molecule is CC1=C(c2cc3c(cc2C)C(C)(C)CCC3(C)C)N(C2CC=C(C(C)(C)C)C=C2c2ccc(C(C)(C)C)cc2)c2cc(C)cc3c2B1c1cc2c(cc1N3c1ccc3c(c1)C(C)(C)CCC3(C)C)C(C)(C)CCC2(C)C. The maximum atomic E-state index is 2.90. The van der Waals surface area contributed by atoms with Crippen molar-refractivity contribution >= 4 is 51.7 Å². The number of allylic oxidation sites excluding steroid dienone is 3. The lowest BCUT2D eigenvalue weighted by Crippen LogP contribution is -2.58. The molecule has 398 valence electrons. The van der Waals surface area contributed by atoms with Crippen LogP contribution in [0.15, 0.2) is 102 Å². The highest BCUT2D eigenvalue weighted by Crippen LogP contribution is 2.55. The Labute approximate surface area is 462 Å². The fourth-order valence-corrected chi connectivity index (χ4v) is 15.2. The molecule has 0 aromatic heterocycles. The summed E-state index contributed by atoms with van der Waals surface area (Å²) in [5.74, 6) is 0. The van der Waals surface area contributed by atoms with E-state index in [1.807, 2.05) is 0 Å². The molecule has 5 aromatic rings. The quantitative estimate of drug-likeness (QED) is 0.166. The number of benzene rings is 5. The standard InChI is InChI=1S/C73H93BN2/c1-44-36-62-64-63(37-44)76(60-29-26-49(67(7,8)9)39-52(60)47-22-24-48(25-23-47)66(4,5)6)65(51-41-56-54(38-45(51)2)69(12,13)32-33-71(56,16)17)46(3)74(64)59-42-57-58(73(20,21)35-34-72(57,18)19)43-61(59)75(62)50-27-28-53-55(40-50)70(14,15)31-30-68(53,10)11/h22-28,36-43,60H,29-35H2,1-21H3. The molecule has 2 heterocycles. The second-order valence-corrected chi connectivity index (χ2v) is 31.2. The summed E-state index contributed by atoms with van der Waals surface area (Å²) in [5.41, 5.74) is 30.4. The fourth-order valence-electron chi connectivity index (χ4n) is 15.2. The molecule has 0 saturated heterocycles. The molecule has 6 aliphatic rings. The zero-order valence-corrected chi connectivity index (χ0v) is 51.2. The minimum Gasteiger partial charge on any atom is -0.334 e. The van der Waals surface area contributed by atoms with Crippen molar-refractivity contribution in [2.24, 2.45) is 5.41 Å². The molecule has 0 fully saturated rings. The van der Waals surface area contributed by atoms with Crippen LogP contribution in [0, 0.1) is 19.3 Å². The zero-order chi connectivity index (χ0) is 55.0. The molecule has 5 aromatic carbocycles. The zero-order valence-electron chi connectivity index (χ0n) is 51.2. The summed E-state index contributed by atoms with van der Waals surface area (Å²) in [6.45, 7) is 51.6. The summed E-state index contributed by atoms with van der Waals surface area (Å²) in [7, 11) is 0. The third-order valence-corrected chi connectivity index (χ3v) is 20.7. The summed E-state index contributed by atoms with van der Waals surface area (Å²) in [4.78, 5) is 5.65. The van der Waals surface area contributed by atoms with Crippen molar-refractivity contribution in [2.75, 3.05) is 9.80 Å². The van der Waals surface area contributed by atoms with Gasteiger partial charge in [-0.1, -0.05) is 185 Å². The van der Waals surface area contributed by atoms with Crippen LogP contribution >= 0.6 is 0 Å². The summed E-state index contributed by atoms with van der Waals surface area (Å²) < 4.78 is 0. The Morgan fingerprint density at radius 3 is 1.55 bits per heavy atom. The van der Waals surface area contributed by atoms with E-state index >= 15 is 0 Å². The van der Waals surface area contributed by atoms with Gasteiger partial charge in [0.15, 0.2) is 0 Å². The third-order valence-electron chi connectivity index (χ3n) is 20.7. The Morgan fingerprint density at radius 2 is 1.00 bits per heavy atom. The van der Waals surface area contributed by atoms with Crippen molar-refractivity contribution in [2.45, 2.75) is 234 Å². The molecular weight excluding hydrogens is 916 g/mol. The second-order valence-electron chi connectivity index (χ2n) is 31.2. The van der Waals surface area contributed by atoms with Crippen molar-refractivity contribution in [3.05, 3.63) is 163 Å². The van der Waals surface area contributed by atoms with E-state index in [9.17, 15) is 0 Å². The van der Waals surface area contributed by atoms with Crippen LogP contribution in [0.4, 0.5) is 22.7 Å². The minimum atomic E-state index is 0.00344. The Morgan fingerprint density at radius 1 is 0.500 bits per heavy atom. The average Bonchev–Trinajstić information content (AvgIpc) is 3.39. The van der Waals surface area contributed by atoms with Gasteiger partial charge in [-0.25, -0.2) is 0 Å². The fraction of sp³-hybridized carbons (Fsp3) is 0.507. The van der Waals surface area contributed by atoms with Crippen LogP contribution < -0.4 is 20.7 Å². The van der Waals surface area contributed by atoms with Crippen LogP contribution in [0.3, 0.4) is 0 Å². The summed E-state index contributed by atoms with van der Waals surface area (Å²) in [6, 6.07) is 33.3. The lowest BCUT2D eigenvalue weighted by Gasteiger charge is -2.50. The molecule has 0 radical (unpaired) electrons. The molecule has 76 heavy (non-hydrogen) atoms. The van der Waals surface area contributed by atoms with Gasteiger partial charge in [0.05, 0.1) is 6.04 Å².